The van der Waals surface area contributed by atoms with Gasteiger partial charge >= 0.3 is 0 Å². The van der Waals surface area contributed by atoms with E-state index < -0.39 is 0 Å². The molecule has 0 fully saturated rings. The van der Waals surface area contributed by atoms with E-state index >= 15 is 0 Å². The average molecular weight is 284 g/mol. The number of oxazole rings is 1. The minimum atomic E-state index is 0.195. The van der Waals surface area contributed by atoms with E-state index in [1.165, 1.54) is 5.56 Å². The molecule has 5 heteroatoms. The van der Waals surface area contributed by atoms with Crippen molar-refractivity contribution in [3.8, 4) is 0 Å². The standard InChI is InChI=1S/C16H20N4O/c1-4-16-19-14-8-13(6-7-15(14)21-16)18-11(3)12-9-17-20(5-2)10-12/h6-11,18H,4-5H2,1-3H3. The second kappa shape index (κ2) is 5.60. The third-order valence-corrected chi connectivity index (χ3v) is 3.59. The average Bonchev–Trinajstić information content (AvgIpc) is 3.12. The molecule has 2 heterocycles. The predicted molar refractivity (Wildman–Crippen MR) is 83.3 cm³/mol. The van der Waals surface area contributed by atoms with Gasteiger partial charge in [0.2, 0.25) is 0 Å². The number of hydrogen-bond acceptors (Lipinski definition) is 4. The highest BCUT2D eigenvalue weighted by Gasteiger charge is 2.10. The molecule has 2 aromatic heterocycles. The molecule has 0 radical (unpaired) electrons. The zero-order chi connectivity index (χ0) is 14.8. The van der Waals surface area contributed by atoms with Crippen LogP contribution >= 0.6 is 0 Å². The molecule has 0 aliphatic heterocycles. The van der Waals surface area contributed by atoms with Crippen molar-refractivity contribution in [1.82, 2.24) is 14.8 Å². The number of rotatable bonds is 5. The van der Waals surface area contributed by atoms with Crippen LogP contribution in [0.4, 0.5) is 5.69 Å². The first kappa shape index (κ1) is 13.7. The van der Waals surface area contributed by atoms with E-state index in [-0.39, 0.29) is 6.04 Å². The lowest BCUT2D eigenvalue weighted by Crippen LogP contribution is -2.05. The van der Waals surface area contributed by atoms with Crippen LogP contribution in [0.3, 0.4) is 0 Å². The highest BCUT2D eigenvalue weighted by Crippen LogP contribution is 2.23. The van der Waals surface area contributed by atoms with Crippen LogP contribution in [0.15, 0.2) is 35.0 Å². The Morgan fingerprint density at radius 3 is 2.90 bits per heavy atom. The number of nitrogens with zero attached hydrogens (tertiary/aromatic N) is 3. The normalized spacial score (nSPS) is 12.7. The summed E-state index contributed by atoms with van der Waals surface area (Å²) in [4.78, 5) is 4.47. The van der Waals surface area contributed by atoms with Crippen LogP contribution < -0.4 is 5.32 Å². The van der Waals surface area contributed by atoms with Gasteiger partial charge in [-0.05, 0) is 32.0 Å². The molecule has 0 aliphatic carbocycles. The van der Waals surface area contributed by atoms with Crippen LogP contribution in [0, 0.1) is 0 Å². The van der Waals surface area contributed by atoms with Gasteiger partial charge in [0.25, 0.3) is 0 Å². The molecule has 3 rings (SSSR count). The smallest absolute Gasteiger partial charge is 0.195 e. The Labute approximate surface area is 124 Å². The maximum atomic E-state index is 5.63. The lowest BCUT2D eigenvalue weighted by atomic mass is 10.2. The van der Waals surface area contributed by atoms with Crippen LogP contribution in [-0.4, -0.2) is 14.8 Å². The topological polar surface area (TPSA) is 55.9 Å². The maximum absolute atomic E-state index is 5.63. The molecular weight excluding hydrogens is 264 g/mol. The summed E-state index contributed by atoms with van der Waals surface area (Å²) in [6.45, 7) is 7.13. The Morgan fingerprint density at radius 2 is 2.19 bits per heavy atom. The van der Waals surface area contributed by atoms with Crippen LogP contribution in [-0.2, 0) is 13.0 Å². The fourth-order valence-corrected chi connectivity index (χ4v) is 2.33. The zero-order valence-corrected chi connectivity index (χ0v) is 12.6. The van der Waals surface area contributed by atoms with Crippen LogP contribution in [0.5, 0.6) is 0 Å². The molecule has 1 aromatic carbocycles. The molecule has 3 aromatic rings. The van der Waals surface area contributed by atoms with Crippen LogP contribution in [0.25, 0.3) is 11.1 Å². The lowest BCUT2D eigenvalue weighted by molar-refractivity contribution is 0.538. The number of aromatic nitrogens is 3. The monoisotopic (exact) mass is 284 g/mol. The number of anilines is 1. The Balaban J connectivity index is 1.80. The van der Waals surface area contributed by atoms with E-state index in [9.17, 15) is 0 Å². The third-order valence-electron chi connectivity index (χ3n) is 3.59. The second-order valence-corrected chi connectivity index (χ2v) is 5.14. The summed E-state index contributed by atoms with van der Waals surface area (Å²) in [7, 11) is 0. The maximum Gasteiger partial charge on any atom is 0.195 e. The van der Waals surface area contributed by atoms with Gasteiger partial charge in [0.15, 0.2) is 11.5 Å². The lowest BCUT2D eigenvalue weighted by Gasteiger charge is -2.13. The third kappa shape index (κ3) is 2.77. The molecule has 1 unspecified atom stereocenters. The summed E-state index contributed by atoms with van der Waals surface area (Å²) >= 11 is 0. The molecule has 0 aliphatic rings. The minimum absolute atomic E-state index is 0.195. The molecule has 5 nitrogen and oxygen atoms in total. The predicted octanol–water partition coefficient (Wildman–Crippen LogP) is 3.78. The van der Waals surface area contributed by atoms with Crippen molar-refractivity contribution in [2.45, 2.75) is 39.8 Å². The highest BCUT2D eigenvalue weighted by atomic mass is 16.3. The Bertz CT molecular complexity index is 744. The Morgan fingerprint density at radius 1 is 1.33 bits per heavy atom. The first-order chi connectivity index (χ1) is 10.2. The summed E-state index contributed by atoms with van der Waals surface area (Å²) in [6.07, 6.45) is 4.79. The van der Waals surface area contributed by atoms with E-state index in [1.54, 1.807) is 0 Å². The Kier molecular flexibility index (Phi) is 3.64. The van der Waals surface area contributed by atoms with Crippen molar-refractivity contribution in [3.63, 3.8) is 0 Å². The number of nitrogens with one attached hydrogen (secondary N) is 1. The van der Waals surface area contributed by atoms with Crippen molar-refractivity contribution in [2.75, 3.05) is 5.32 Å². The van der Waals surface area contributed by atoms with Crippen LogP contribution in [0.2, 0.25) is 0 Å². The largest absolute Gasteiger partial charge is 0.441 e. The first-order valence-electron chi connectivity index (χ1n) is 7.38. The van der Waals surface area contributed by atoms with Gasteiger partial charge in [-0.2, -0.15) is 5.10 Å². The first-order valence-corrected chi connectivity index (χ1v) is 7.38. The van der Waals surface area contributed by atoms with E-state index in [0.717, 1.165) is 35.6 Å². The summed E-state index contributed by atoms with van der Waals surface area (Å²) in [6, 6.07) is 6.21. The molecule has 0 bridgehead atoms. The molecule has 110 valence electrons. The van der Waals surface area contributed by atoms with Crippen molar-refractivity contribution >= 4 is 16.8 Å². The number of benzene rings is 1. The molecule has 1 N–H and O–H groups in total. The van der Waals surface area contributed by atoms with Crippen molar-refractivity contribution in [1.29, 1.82) is 0 Å². The van der Waals surface area contributed by atoms with Gasteiger partial charge < -0.3 is 9.73 Å². The van der Waals surface area contributed by atoms with E-state index in [0.29, 0.717) is 0 Å². The number of fused-ring (bicyclic) bond motifs is 1. The molecule has 0 amide bonds. The van der Waals surface area contributed by atoms with E-state index in [2.05, 4.69) is 35.4 Å². The summed E-state index contributed by atoms with van der Waals surface area (Å²) in [5, 5.41) is 7.79. The zero-order valence-electron chi connectivity index (χ0n) is 12.6. The van der Waals surface area contributed by atoms with Crippen molar-refractivity contribution in [2.24, 2.45) is 0 Å². The van der Waals surface area contributed by atoms with Crippen LogP contribution in [0.1, 0.15) is 38.3 Å². The molecule has 21 heavy (non-hydrogen) atoms. The summed E-state index contributed by atoms with van der Waals surface area (Å²) in [5.74, 6) is 0.777. The minimum Gasteiger partial charge on any atom is -0.441 e. The van der Waals surface area contributed by atoms with E-state index in [4.69, 9.17) is 4.42 Å². The molecule has 1 atom stereocenters. The van der Waals surface area contributed by atoms with Crippen molar-refractivity contribution < 1.29 is 4.42 Å². The number of aryl methyl sites for hydroxylation is 2. The second-order valence-electron chi connectivity index (χ2n) is 5.14. The summed E-state index contributed by atoms with van der Waals surface area (Å²) < 4.78 is 7.56. The van der Waals surface area contributed by atoms with Gasteiger partial charge in [-0.3, -0.25) is 4.68 Å². The van der Waals surface area contributed by atoms with Gasteiger partial charge in [-0.1, -0.05) is 6.92 Å². The molecule has 0 saturated carbocycles. The van der Waals surface area contributed by atoms with Crippen molar-refractivity contribution in [3.05, 3.63) is 42.0 Å². The van der Waals surface area contributed by atoms with Gasteiger partial charge in [-0.15, -0.1) is 0 Å². The SMILES string of the molecule is CCc1nc2cc(NC(C)c3cnn(CC)c3)ccc2o1. The fourth-order valence-electron chi connectivity index (χ4n) is 2.33. The van der Waals surface area contributed by atoms with E-state index in [1.807, 2.05) is 36.0 Å². The van der Waals surface area contributed by atoms with Gasteiger partial charge in [0, 0.05) is 30.4 Å². The molecular formula is C16H20N4O. The highest BCUT2D eigenvalue weighted by molar-refractivity contribution is 5.77. The fraction of sp³-hybridized carbons (Fsp3) is 0.375. The molecule has 0 saturated heterocycles. The summed E-state index contributed by atoms with van der Waals surface area (Å²) in [5.41, 5.74) is 3.94. The number of hydrogen-bond donors (Lipinski definition) is 1. The quantitative estimate of drug-likeness (QED) is 0.774. The van der Waals surface area contributed by atoms with Gasteiger partial charge in [0.1, 0.15) is 5.52 Å². The van der Waals surface area contributed by atoms with Gasteiger partial charge in [0.05, 0.1) is 12.2 Å². The Hall–Kier alpha value is -2.30. The van der Waals surface area contributed by atoms with Gasteiger partial charge in [-0.25, -0.2) is 4.98 Å². The molecule has 0 spiro atoms.